The number of carbonyl (C=O) groups excluding carboxylic acids is 1. The maximum atomic E-state index is 11.9. The Morgan fingerprint density at radius 3 is 2.48 bits per heavy atom. The fourth-order valence-electron chi connectivity index (χ4n) is 1.72. The lowest BCUT2D eigenvalue weighted by Crippen LogP contribution is -2.22. The van der Waals surface area contributed by atoms with E-state index in [1.807, 2.05) is 13.0 Å². The van der Waals surface area contributed by atoms with Crippen molar-refractivity contribution in [3.63, 3.8) is 0 Å². The molecule has 0 aliphatic heterocycles. The van der Waals surface area contributed by atoms with Crippen molar-refractivity contribution in [1.29, 1.82) is 0 Å². The van der Waals surface area contributed by atoms with Gasteiger partial charge in [0.1, 0.15) is 0 Å². The Morgan fingerprint density at radius 1 is 1.00 bits per heavy atom. The molecule has 0 spiro atoms. The van der Waals surface area contributed by atoms with Crippen LogP contribution in [0.25, 0.3) is 0 Å². The number of hydrogen-bond acceptors (Lipinski definition) is 2. The number of aryl methyl sites for hydroxylation is 1. The molecule has 2 aromatic carbocycles. The average Bonchev–Trinajstić information content (AvgIpc) is 2.43. The van der Waals surface area contributed by atoms with Crippen LogP contribution in [-0.4, -0.2) is 12.5 Å². The van der Waals surface area contributed by atoms with Crippen molar-refractivity contribution in [1.82, 2.24) is 0 Å². The fraction of sp³-hybridized carbons (Fsp3) is 0.133. The number of carbonyl (C=O) groups is 1. The molecule has 0 atom stereocenters. The molecule has 2 N–H and O–H groups in total. The predicted molar refractivity (Wildman–Crippen MR) is 89.8 cm³/mol. The maximum Gasteiger partial charge on any atom is 0.243 e. The van der Waals surface area contributed by atoms with Crippen LogP contribution in [0.1, 0.15) is 5.56 Å². The third-order valence-electron chi connectivity index (χ3n) is 2.77. The van der Waals surface area contributed by atoms with Gasteiger partial charge in [0.2, 0.25) is 5.91 Å². The largest absolute Gasteiger partial charge is 0.375 e. The van der Waals surface area contributed by atoms with E-state index < -0.39 is 0 Å². The molecule has 0 aromatic heterocycles. The first-order chi connectivity index (χ1) is 9.95. The molecule has 1 amide bonds. The smallest absolute Gasteiger partial charge is 0.243 e. The molecule has 0 saturated carbocycles. The minimum atomic E-state index is -0.225. The predicted octanol–water partition coefficient (Wildman–Crippen LogP) is 5.01. The van der Waals surface area contributed by atoms with E-state index >= 15 is 0 Å². The van der Waals surface area contributed by atoms with E-state index in [1.54, 1.807) is 30.3 Å². The molecule has 6 heteroatoms. The van der Waals surface area contributed by atoms with Gasteiger partial charge in [0.15, 0.2) is 0 Å². The molecule has 0 saturated heterocycles. The third-order valence-corrected chi connectivity index (χ3v) is 3.64. The van der Waals surface area contributed by atoms with Crippen LogP contribution in [0.4, 0.5) is 11.4 Å². The number of amides is 1. The van der Waals surface area contributed by atoms with E-state index in [-0.39, 0.29) is 12.5 Å². The zero-order valence-corrected chi connectivity index (χ0v) is 13.5. The van der Waals surface area contributed by atoms with Crippen molar-refractivity contribution >= 4 is 52.1 Å². The van der Waals surface area contributed by atoms with Gasteiger partial charge in [0.05, 0.1) is 28.0 Å². The topological polar surface area (TPSA) is 41.1 Å². The average molecular weight is 344 g/mol. The van der Waals surface area contributed by atoms with Gasteiger partial charge < -0.3 is 10.6 Å². The molecule has 3 nitrogen and oxygen atoms in total. The van der Waals surface area contributed by atoms with Gasteiger partial charge >= 0.3 is 0 Å². The van der Waals surface area contributed by atoms with Crippen molar-refractivity contribution < 1.29 is 4.79 Å². The lowest BCUT2D eigenvalue weighted by atomic mass is 10.2. The molecule has 0 heterocycles. The molecule has 0 fully saturated rings. The molecule has 0 aliphatic carbocycles. The van der Waals surface area contributed by atoms with Gasteiger partial charge in [-0.3, -0.25) is 4.79 Å². The SMILES string of the molecule is Cc1ccc(NC(=O)CNc2cc(Cl)ccc2Cl)c(Cl)c1. The first-order valence-corrected chi connectivity index (χ1v) is 7.34. The normalized spacial score (nSPS) is 10.3. The number of rotatable bonds is 4. The van der Waals surface area contributed by atoms with Crippen molar-refractivity contribution in [3.8, 4) is 0 Å². The summed E-state index contributed by atoms with van der Waals surface area (Å²) in [6.07, 6.45) is 0. The Morgan fingerprint density at radius 2 is 1.76 bits per heavy atom. The highest BCUT2D eigenvalue weighted by atomic mass is 35.5. The van der Waals surface area contributed by atoms with Crippen LogP contribution in [0.3, 0.4) is 0 Å². The Labute approximate surface area is 138 Å². The van der Waals surface area contributed by atoms with Gasteiger partial charge in [-0.25, -0.2) is 0 Å². The van der Waals surface area contributed by atoms with Crippen molar-refractivity contribution in [2.75, 3.05) is 17.2 Å². The summed E-state index contributed by atoms with van der Waals surface area (Å²) in [5, 5.41) is 7.22. The van der Waals surface area contributed by atoms with Gasteiger partial charge in [-0.2, -0.15) is 0 Å². The number of hydrogen-bond donors (Lipinski definition) is 2. The molecule has 2 aromatic rings. The summed E-state index contributed by atoms with van der Waals surface area (Å²) >= 11 is 18.0. The Balaban J connectivity index is 1.97. The first-order valence-electron chi connectivity index (χ1n) is 6.20. The highest BCUT2D eigenvalue weighted by molar-refractivity contribution is 6.35. The summed E-state index contributed by atoms with van der Waals surface area (Å²) in [6.45, 7) is 1.99. The molecule has 110 valence electrons. The lowest BCUT2D eigenvalue weighted by molar-refractivity contribution is -0.114. The monoisotopic (exact) mass is 342 g/mol. The minimum absolute atomic E-state index is 0.0598. The lowest BCUT2D eigenvalue weighted by Gasteiger charge is -2.10. The fourth-order valence-corrected chi connectivity index (χ4v) is 2.36. The van der Waals surface area contributed by atoms with E-state index in [2.05, 4.69) is 10.6 Å². The molecule has 21 heavy (non-hydrogen) atoms. The molecule has 0 unspecified atom stereocenters. The Kier molecular flexibility index (Phi) is 5.34. The van der Waals surface area contributed by atoms with Crippen molar-refractivity contribution in [2.45, 2.75) is 6.92 Å². The summed E-state index contributed by atoms with van der Waals surface area (Å²) in [5.41, 5.74) is 2.21. The first kappa shape index (κ1) is 16.0. The minimum Gasteiger partial charge on any atom is -0.375 e. The van der Waals surface area contributed by atoms with Crippen molar-refractivity contribution in [3.05, 3.63) is 57.0 Å². The standard InChI is InChI=1S/C15H13Cl3N2O/c1-9-2-5-13(12(18)6-9)20-15(21)8-19-14-7-10(16)3-4-11(14)17/h2-7,19H,8H2,1H3,(H,20,21). The number of anilines is 2. The van der Waals surface area contributed by atoms with Gasteiger partial charge in [-0.1, -0.05) is 40.9 Å². The Hall–Kier alpha value is -1.42. The van der Waals surface area contributed by atoms with E-state index in [4.69, 9.17) is 34.8 Å². The zero-order valence-electron chi connectivity index (χ0n) is 11.2. The quantitative estimate of drug-likeness (QED) is 0.819. The highest BCUT2D eigenvalue weighted by Crippen LogP contribution is 2.25. The van der Waals surface area contributed by atoms with Crippen LogP contribution in [0.15, 0.2) is 36.4 Å². The second-order valence-corrected chi connectivity index (χ2v) is 5.76. The van der Waals surface area contributed by atoms with Crippen molar-refractivity contribution in [2.24, 2.45) is 0 Å². The zero-order chi connectivity index (χ0) is 15.4. The van der Waals surface area contributed by atoms with Crippen LogP contribution >= 0.6 is 34.8 Å². The second kappa shape index (κ2) is 7.03. The number of benzene rings is 2. The molecule has 0 aliphatic rings. The van der Waals surface area contributed by atoms with Gasteiger partial charge in [-0.15, -0.1) is 0 Å². The third kappa shape index (κ3) is 4.53. The van der Waals surface area contributed by atoms with E-state index in [0.29, 0.717) is 26.4 Å². The van der Waals surface area contributed by atoms with Crippen LogP contribution < -0.4 is 10.6 Å². The highest BCUT2D eigenvalue weighted by Gasteiger charge is 2.07. The summed E-state index contributed by atoms with van der Waals surface area (Å²) in [7, 11) is 0. The van der Waals surface area contributed by atoms with E-state index in [9.17, 15) is 4.79 Å². The Bertz CT molecular complexity index is 674. The van der Waals surface area contributed by atoms with Crippen LogP contribution in [0.2, 0.25) is 15.1 Å². The number of halogens is 3. The summed E-state index contributed by atoms with van der Waals surface area (Å²) in [4.78, 5) is 11.9. The van der Waals surface area contributed by atoms with Crippen LogP contribution in [0.5, 0.6) is 0 Å². The molecule has 2 rings (SSSR count). The van der Waals surface area contributed by atoms with Crippen LogP contribution in [0, 0.1) is 6.92 Å². The summed E-state index contributed by atoms with van der Waals surface area (Å²) in [6, 6.07) is 10.4. The second-order valence-electron chi connectivity index (χ2n) is 4.51. The maximum absolute atomic E-state index is 11.9. The van der Waals surface area contributed by atoms with Gasteiger partial charge in [0, 0.05) is 5.02 Å². The summed E-state index contributed by atoms with van der Waals surface area (Å²) in [5.74, 6) is -0.225. The summed E-state index contributed by atoms with van der Waals surface area (Å²) < 4.78 is 0. The van der Waals surface area contributed by atoms with Crippen LogP contribution in [-0.2, 0) is 4.79 Å². The van der Waals surface area contributed by atoms with Gasteiger partial charge in [-0.05, 0) is 42.8 Å². The molecular formula is C15H13Cl3N2O. The van der Waals surface area contributed by atoms with E-state index in [0.717, 1.165) is 5.56 Å². The molecular weight excluding hydrogens is 331 g/mol. The molecule has 0 bridgehead atoms. The van der Waals surface area contributed by atoms with E-state index in [1.165, 1.54) is 0 Å². The number of nitrogens with one attached hydrogen (secondary N) is 2. The van der Waals surface area contributed by atoms with Gasteiger partial charge in [0.25, 0.3) is 0 Å². The molecule has 0 radical (unpaired) electrons.